The van der Waals surface area contributed by atoms with Crippen LogP contribution in [0.1, 0.15) is 12.0 Å². The summed E-state index contributed by atoms with van der Waals surface area (Å²) in [5, 5.41) is 5.48. The SMILES string of the molecule is O=C(NCCCOCc1ccccc1)Nc1cccnc1. The lowest BCUT2D eigenvalue weighted by molar-refractivity contribution is 0.119. The van der Waals surface area contributed by atoms with E-state index in [0.29, 0.717) is 25.4 Å². The number of benzene rings is 1. The lowest BCUT2D eigenvalue weighted by atomic mass is 10.2. The molecule has 0 unspecified atom stereocenters. The Morgan fingerprint density at radius 1 is 1.14 bits per heavy atom. The largest absolute Gasteiger partial charge is 0.377 e. The zero-order valence-electron chi connectivity index (χ0n) is 11.8. The lowest BCUT2D eigenvalue weighted by Gasteiger charge is -2.07. The number of ether oxygens (including phenoxy) is 1. The van der Waals surface area contributed by atoms with Gasteiger partial charge in [-0.15, -0.1) is 0 Å². The molecule has 21 heavy (non-hydrogen) atoms. The number of nitrogens with one attached hydrogen (secondary N) is 2. The summed E-state index contributed by atoms with van der Waals surface area (Å²) in [4.78, 5) is 15.5. The highest BCUT2D eigenvalue weighted by Crippen LogP contribution is 2.02. The van der Waals surface area contributed by atoms with Gasteiger partial charge in [0.25, 0.3) is 0 Å². The second-order valence-electron chi connectivity index (χ2n) is 4.51. The Bertz CT molecular complexity index is 532. The van der Waals surface area contributed by atoms with E-state index in [0.717, 1.165) is 12.0 Å². The molecule has 0 aliphatic heterocycles. The van der Waals surface area contributed by atoms with Crippen LogP contribution >= 0.6 is 0 Å². The number of hydrogen-bond donors (Lipinski definition) is 2. The fraction of sp³-hybridized carbons (Fsp3) is 0.250. The molecular formula is C16H19N3O2. The Balaban J connectivity index is 1.52. The molecule has 0 aliphatic carbocycles. The standard InChI is InChI=1S/C16H19N3O2/c20-16(19-15-8-4-9-17-12-15)18-10-5-11-21-13-14-6-2-1-3-7-14/h1-4,6-9,12H,5,10-11,13H2,(H2,18,19,20). The maximum absolute atomic E-state index is 11.6. The fourth-order valence-corrected chi connectivity index (χ4v) is 1.75. The number of nitrogens with zero attached hydrogens (tertiary/aromatic N) is 1. The Labute approximate surface area is 124 Å². The third kappa shape index (κ3) is 6.05. The minimum absolute atomic E-state index is 0.231. The lowest BCUT2D eigenvalue weighted by Crippen LogP contribution is -2.30. The van der Waals surface area contributed by atoms with Gasteiger partial charge in [0.2, 0.25) is 0 Å². The van der Waals surface area contributed by atoms with E-state index in [4.69, 9.17) is 4.74 Å². The number of pyridine rings is 1. The van der Waals surface area contributed by atoms with Gasteiger partial charge in [-0.2, -0.15) is 0 Å². The summed E-state index contributed by atoms with van der Waals surface area (Å²) in [6.45, 7) is 1.78. The first kappa shape index (κ1) is 15.0. The normalized spacial score (nSPS) is 10.1. The molecule has 5 nitrogen and oxygen atoms in total. The van der Waals surface area contributed by atoms with Crippen molar-refractivity contribution in [3.63, 3.8) is 0 Å². The van der Waals surface area contributed by atoms with Crippen LogP contribution in [0, 0.1) is 0 Å². The number of urea groups is 1. The summed E-state index contributed by atoms with van der Waals surface area (Å²) in [6.07, 6.45) is 4.03. The predicted octanol–water partition coefficient (Wildman–Crippen LogP) is 2.81. The van der Waals surface area contributed by atoms with Gasteiger partial charge in [0.15, 0.2) is 0 Å². The first-order valence-electron chi connectivity index (χ1n) is 6.91. The van der Waals surface area contributed by atoms with Crippen molar-refractivity contribution in [1.82, 2.24) is 10.3 Å². The predicted molar refractivity (Wildman–Crippen MR) is 82.0 cm³/mol. The molecule has 0 atom stereocenters. The molecule has 0 spiro atoms. The molecule has 0 fully saturated rings. The van der Waals surface area contributed by atoms with E-state index in [1.165, 1.54) is 0 Å². The van der Waals surface area contributed by atoms with Crippen molar-refractivity contribution in [3.05, 3.63) is 60.4 Å². The maximum Gasteiger partial charge on any atom is 0.319 e. The van der Waals surface area contributed by atoms with E-state index in [1.807, 2.05) is 30.3 Å². The van der Waals surface area contributed by atoms with E-state index in [1.54, 1.807) is 24.5 Å². The second kappa shape index (κ2) is 8.71. The molecule has 0 bridgehead atoms. The van der Waals surface area contributed by atoms with E-state index in [-0.39, 0.29) is 6.03 Å². The highest BCUT2D eigenvalue weighted by Gasteiger charge is 2.00. The first-order chi connectivity index (χ1) is 10.3. The van der Waals surface area contributed by atoms with Crippen molar-refractivity contribution in [2.24, 2.45) is 0 Å². The number of hydrogen-bond acceptors (Lipinski definition) is 3. The topological polar surface area (TPSA) is 63.2 Å². The third-order valence-corrected chi connectivity index (χ3v) is 2.78. The summed E-state index contributed by atoms with van der Waals surface area (Å²) < 4.78 is 5.54. The van der Waals surface area contributed by atoms with Gasteiger partial charge in [0.05, 0.1) is 18.5 Å². The van der Waals surface area contributed by atoms with E-state index >= 15 is 0 Å². The van der Waals surface area contributed by atoms with Crippen molar-refractivity contribution in [3.8, 4) is 0 Å². The van der Waals surface area contributed by atoms with Crippen LogP contribution in [0.2, 0.25) is 0 Å². The molecule has 1 aromatic carbocycles. The quantitative estimate of drug-likeness (QED) is 0.769. The molecule has 0 aliphatic rings. The van der Waals surface area contributed by atoms with E-state index in [9.17, 15) is 4.79 Å². The Morgan fingerprint density at radius 3 is 2.76 bits per heavy atom. The third-order valence-electron chi connectivity index (χ3n) is 2.78. The van der Waals surface area contributed by atoms with Gasteiger partial charge in [-0.1, -0.05) is 30.3 Å². The van der Waals surface area contributed by atoms with Gasteiger partial charge in [-0.05, 0) is 24.1 Å². The summed E-state index contributed by atoms with van der Waals surface area (Å²) in [6, 6.07) is 13.3. The van der Waals surface area contributed by atoms with Crippen molar-refractivity contribution < 1.29 is 9.53 Å². The van der Waals surface area contributed by atoms with Crippen LogP contribution in [0.5, 0.6) is 0 Å². The number of carbonyl (C=O) groups is 1. The van der Waals surface area contributed by atoms with E-state index < -0.39 is 0 Å². The van der Waals surface area contributed by atoms with Gasteiger partial charge < -0.3 is 15.4 Å². The number of aromatic nitrogens is 1. The average Bonchev–Trinajstić information content (AvgIpc) is 2.53. The minimum atomic E-state index is -0.231. The highest BCUT2D eigenvalue weighted by molar-refractivity contribution is 5.88. The summed E-state index contributed by atoms with van der Waals surface area (Å²) in [5.74, 6) is 0. The van der Waals surface area contributed by atoms with Gasteiger partial charge >= 0.3 is 6.03 Å². The molecule has 0 radical (unpaired) electrons. The van der Waals surface area contributed by atoms with Crippen LogP contribution in [0.25, 0.3) is 0 Å². The van der Waals surface area contributed by atoms with E-state index in [2.05, 4.69) is 15.6 Å². The zero-order chi connectivity index (χ0) is 14.8. The molecule has 2 aromatic rings. The number of rotatable bonds is 7. The Morgan fingerprint density at radius 2 is 2.00 bits per heavy atom. The van der Waals surface area contributed by atoms with Gasteiger partial charge in [-0.25, -0.2) is 4.79 Å². The molecular weight excluding hydrogens is 266 g/mol. The van der Waals surface area contributed by atoms with Crippen LogP contribution < -0.4 is 10.6 Å². The summed E-state index contributed by atoms with van der Waals surface area (Å²) >= 11 is 0. The monoisotopic (exact) mass is 285 g/mol. The first-order valence-corrected chi connectivity index (χ1v) is 6.91. The summed E-state index contributed by atoms with van der Waals surface area (Å²) in [7, 11) is 0. The molecule has 1 heterocycles. The fourth-order valence-electron chi connectivity index (χ4n) is 1.75. The Kier molecular flexibility index (Phi) is 6.22. The highest BCUT2D eigenvalue weighted by atomic mass is 16.5. The molecule has 5 heteroatoms. The Hall–Kier alpha value is -2.40. The zero-order valence-corrected chi connectivity index (χ0v) is 11.8. The molecule has 0 saturated heterocycles. The van der Waals surface area contributed by atoms with Crippen LogP contribution in [0.15, 0.2) is 54.9 Å². The van der Waals surface area contributed by atoms with Crippen LogP contribution in [-0.2, 0) is 11.3 Å². The van der Waals surface area contributed by atoms with Gasteiger partial charge in [0, 0.05) is 19.3 Å². The van der Waals surface area contributed by atoms with Crippen LogP contribution in [-0.4, -0.2) is 24.2 Å². The summed E-state index contributed by atoms with van der Waals surface area (Å²) in [5.41, 5.74) is 1.83. The van der Waals surface area contributed by atoms with Crippen LogP contribution in [0.4, 0.5) is 10.5 Å². The smallest absolute Gasteiger partial charge is 0.319 e. The molecule has 2 rings (SSSR count). The number of carbonyl (C=O) groups excluding carboxylic acids is 1. The van der Waals surface area contributed by atoms with Crippen molar-refractivity contribution >= 4 is 11.7 Å². The van der Waals surface area contributed by atoms with Crippen molar-refractivity contribution in [2.75, 3.05) is 18.5 Å². The van der Waals surface area contributed by atoms with Gasteiger partial charge in [0.1, 0.15) is 0 Å². The maximum atomic E-state index is 11.6. The minimum Gasteiger partial charge on any atom is -0.377 e. The number of amides is 2. The average molecular weight is 285 g/mol. The van der Waals surface area contributed by atoms with Crippen molar-refractivity contribution in [2.45, 2.75) is 13.0 Å². The molecule has 2 amide bonds. The van der Waals surface area contributed by atoms with Crippen LogP contribution in [0.3, 0.4) is 0 Å². The molecule has 2 N–H and O–H groups in total. The van der Waals surface area contributed by atoms with Crippen molar-refractivity contribution in [1.29, 1.82) is 0 Å². The molecule has 1 aromatic heterocycles. The number of anilines is 1. The molecule has 110 valence electrons. The second-order valence-corrected chi connectivity index (χ2v) is 4.51. The molecule has 0 saturated carbocycles. The van der Waals surface area contributed by atoms with Gasteiger partial charge in [-0.3, -0.25) is 4.98 Å².